The molecule has 0 spiro atoms. The van der Waals surface area contributed by atoms with Crippen LogP contribution in [0.1, 0.15) is 11.4 Å². The van der Waals surface area contributed by atoms with Gasteiger partial charge in [0.15, 0.2) is 0 Å². The molecule has 3 aromatic rings. The molecule has 0 fully saturated rings. The minimum atomic E-state index is -0.289. The van der Waals surface area contributed by atoms with E-state index in [4.69, 9.17) is 11.6 Å². The van der Waals surface area contributed by atoms with Crippen molar-refractivity contribution in [2.45, 2.75) is 13.3 Å². The van der Waals surface area contributed by atoms with Crippen LogP contribution in [0.25, 0.3) is 16.7 Å². The van der Waals surface area contributed by atoms with E-state index in [1.807, 2.05) is 35.8 Å². The Morgan fingerprint density at radius 3 is 2.81 bits per heavy atom. The first-order valence-electron chi connectivity index (χ1n) is 6.60. The molecule has 0 saturated heterocycles. The number of imidazole rings is 1. The summed E-state index contributed by atoms with van der Waals surface area (Å²) in [5, 5.41) is 0. The number of benzene rings is 2. The fraction of sp³-hybridized carbons (Fsp3) is 0.188. The van der Waals surface area contributed by atoms with Gasteiger partial charge in [-0.2, -0.15) is 0 Å². The van der Waals surface area contributed by atoms with Gasteiger partial charge in [-0.05, 0) is 36.8 Å². The third-order valence-corrected chi connectivity index (χ3v) is 4.10. The quantitative estimate of drug-likeness (QED) is 0.595. The summed E-state index contributed by atoms with van der Waals surface area (Å²) in [4.78, 5) is 4.60. The number of para-hydroxylation sites is 1. The van der Waals surface area contributed by atoms with Gasteiger partial charge in [0, 0.05) is 16.8 Å². The lowest BCUT2D eigenvalue weighted by molar-refractivity contribution is 0.616. The summed E-state index contributed by atoms with van der Waals surface area (Å²) in [6.45, 7) is 2.00. The van der Waals surface area contributed by atoms with Gasteiger partial charge in [-0.1, -0.05) is 28.1 Å². The molecule has 0 aliphatic carbocycles. The fourth-order valence-corrected chi connectivity index (χ4v) is 3.02. The average Bonchev–Trinajstić information content (AvgIpc) is 2.79. The van der Waals surface area contributed by atoms with Gasteiger partial charge in [-0.3, -0.25) is 4.57 Å². The minimum Gasteiger partial charge on any atom is -0.293 e. The summed E-state index contributed by atoms with van der Waals surface area (Å²) in [6.07, 6.45) is 0.588. The molecule has 3 rings (SSSR count). The molecule has 0 unspecified atom stereocenters. The topological polar surface area (TPSA) is 17.8 Å². The van der Waals surface area contributed by atoms with Crippen molar-refractivity contribution in [2.75, 3.05) is 5.88 Å². The number of alkyl halides is 1. The molecule has 21 heavy (non-hydrogen) atoms. The summed E-state index contributed by atoms with van der Waals surface area (Å²) in [7, 11) is 0. The van der Waals surface area contributed by atoms with Gasteiger partial charge in [-0.15, -0.1) is 11.6 Å². The van der Waals surface area contributed by atoms with Crippen molar-refractivity contribution in [1.29, 1.82) is 0 Å². The summed E-state index contributed by atoms with van der Waals surface area (Å²) in [5.74, 6) is 0.929. The SMILES string of the molecule is Cc1cccc2nc(CCCl)n(-c3ccc(Br)cc3F)c12. The largest absolute Gasteiger partial charge is 0.293 e. The molecule has 5 heteroatoms. The molecule has 0 saturated carbocycles. The lowest BCUT2D eigenvalue weighted by atomic mass is 10.2. The third-order valence-electron chi connectivity index (χ3n) is 3.42. The van der Waals surface area contributed by atoms with Crippen LogP contribution in [-0.4, -0.2) is 15.4 Å². The van der Waals surface area contributed by atoms with Crippen LogP contribution >= 0.6 is 27.5 Å². The lowest BCUT2D eigenvalue weighted by Crippen LogP contribution is -2.05. The molecular formula is C16H13BrClFN2. The molecule has 0 atom stereocenters. The Balaban J connectivity index is 2.35. The number of halogens is 3. The molecule has 1 aromatic heterocycles. The number of hydrogen-bond donors (Lipinski definition) is 0. The number of rotatable bonds is 3. The van der Waals surface area contributed by atoms with E-state index in [0.717, 1.165) is 22.4 Å². The summed E-state index contributed by atoms with van der Waals surface area (Å²) >= 11 is 9.16. The van der Waals surface area contributed by atoms with Crippen molar-refractivity contribution < 1.29 is 4.39 Å². The second-order valence-electron chi connectivity index (χ2n) is 4.84. The van der Waals surface area contributed by atoms with Gasteiger partial charge in [0.05, 0.1) is 16.7 Å². The van der Waals surface area contributed by atoms with E-state index in [2.05, 4.69) is 20.9 Å². The van der Waals surface area contributed by atoms with Crippen molar-refractivity contribution in [3.8, 4) is 5.69 Å². The normalized spacial score (nSPS) is 11.2. The highest BCUT2D eigenvalue weighted by atomic mass is 79.9. The summed E-state index contributed by atoms with van der Waals surface area (Å²) in [5.41, 5.74) is 3.34. The van der Waals surface area contributed by atoms with Crippen molar-refractivity contribution in [1.82, 2.24) is 9.55 Å². The molecule has 0 amide bonds. The number of aryl methyl sites for hydroxylation is 2. The summed E-state index contributed by atoms with van der Waals surface area (Å²) in [6, 6.07) is 10.9. The zero-order valence-electron chi connectivity index (χ0n) is 11.4. The van der Waals surface area contributed by atoms with Crippen LogP contribution in [0.5, 0.6) is 0 Å². The lowest BCUT2D eigenvalue weighted by Gasteiger charge is -2.11. The number of hydrogen-bond acceptors (Lipinski definition) is 1. The molecule has 0 radical (unpaired) electrons. The Morgan fingerprint density at radius 1 is 1.29 bits per heavy atom. The predicted molar refractivity (Wildman–Crippen MR) is 87.9 cm³/mol. The van der Waals surface area contributed by atoms with Crippen LogP contribution < -0.4 is 0 Å². The number of nitrogens with zero attached hydrogens (tertiary/aromatic N) is 2. The molecule has 0 aliphatic heterocycles. The van der Waals surface area contributed by atoms with E-state index in [1.54, 1.807) is 6.07 Å². The van der Waals surface area contributed by atoms with Crippen LogP contribution in [-0.2, 0) is 6.42 Å². The maximum Gasteiger partial charge on any atom is 0.148 e. The monoisotopic (exact) mass is 366 g/mol. The maximum atomic E-state index is 14.4. The van der Waals surface area contributed by atoms with Crippen LogP contribution in [0, 0.1) is 12.7 Å². The van der Waals surface area contributed by atoms with Gasteiger partial charge in [0.2, 0.25) is 0 Å². The Morgan fingerprint density at radius 2 is 2.10 bits per heavy atom. The van der Waals surface area contributed by atoms with E-state index in [9.17, 15) is 4.39 Å². The van der Waals surface area contributed by atoms with Crippen LogP contribution in [0.4, 0.5) is 4.39 Å². The Kier molecular flexibility index (Phi) is 4.00. The molecule has 0 bridgehead atoms. The second kappa shape index (κ2) is 5.78. The van der Waals surface area contributed by atoms with E-state index >= 15 is 0 Å². The van der Waals surface area contributed by atoms with Gasteiger partial charge in [0.1, 0.15) is 11.6 Å². The maximum absolute atomic E-state index is 14.4. The Labute approximate surface area is 135 Å². The first kappa shape index (κ1) is 14.5. The average molecular weight is 368 g/mol. The van der Waals surface area contributed by atoms with E-state index < -0.39 is 0 Å². The van der Waals surface area contributed by atoms with Gasteiger partial charge in [-0.25, -0.2) is 9.37 Å². The predicted octanol–water partition coefficient (Wildman–Crippen LogP) is 5.02. The smallest absolute Gasteiger partial charge is 0.148 e. The highest BCUT2D eigenvalue weighted by molar-refractivity contribution is 9.10. The zero-order chi connectivity index (χ0) is 15.0. The first-order valence-corrected chi connectivity index (χ1v) is 7.93. The van der Waals surface area contributed by atoms with E-state index in [0.29, 0.717) is 22.5 Å². The summed E-state index contributed by atoms with van der Waals surface area (Å²) < 4.78 is 17.0. The van der Waals surface area contributed by atoms with Gasteiger partial charge < -0.3 is 0 Å². The zero-order valence-corrected chi connectivity index (χ0v) is 13.7. The number of fused-ring (bicyclic) bond motifs is 1. The first-order chi connectivity index (χ1) is 10.1. The third kappa shape index (κ3) is 2.58. The fourth-order valence-electron chi connectivity index (χ4n) is 2.52. The molecule has 1 heterocycles. The molecule has 2 nitrogen and oxygen atoms in total. The van der Waals surface area contributed by atoms with Crippen LogP contribution in [0.3, 0.4) is 0 Å². The minimum absolute atomic E-state index is 0.289. The van der Waals surface area contributed by atoms with Crippen molar-refractivity contribution in [3.63, 3.8) is 0 Å². The molecule has 0 N–H and O–H groups in total. The van der Waals surface area contributed by atoms with Crippen molar-refractivity contribution in [3.05, 3.63) is 58.1 Å². The van der Waals surface area contributed by atoms with E-state index in [-0.39, 0.29) is 5.82 Å². The van der Waals surface area contributed by atoms with Gasteiger partial charge in [0.25, 0.3) is 0 Å². The van der Waals surface area contributed by atoms with E-state index in [1.165, 1.54) is 6.07 Å². The van der Waals surface area contributed by atoms with Crippen molar-refractivity contribution in [2.24, 2.45) is 0 Å². The van der Waals surface area contributed by atoms with Crippen molar-refractivity contribution >= 4 is 38.6 Å². The van der Waals surface area contributed by atoms with Crippen LogP contribution in [0.2, 0.25) is 0 Å². The molecule has 0 aliphatic rings. The molecule has 2 aromatic carbocycles. The highest BCUT2D eigenvalue weighted by Crippen LogP contribution is 2.27. The highest BCUT2D eigenvalue weighted by Gasteiger charge is 2.16. The number of aromatic nitrogens is 2. The second-order valence-corrected chi connectivity index (χ2v) is 6.13. The Bertz CT molecular complexity index is 813. The Hall–Kier alpha value is -1.39. The standard InChI is InChI=1S/C16H13BrClFN2/c1-10-3-2-4-13-16(10)21(15(20-13)7-8-18)14-6-5-11(17)9-12(14)19/h2-6,9H,7-8H2,1H3. The molecule has 108 valence electrons. The van der Waals surface area contributed by atoms with Gasteiger partial charge >= 0.3 is 0 Å². The molecular weight excluding hydrogens is 355 g/mol. The van der Waals surface area contributed by atoms with Crippen LogP contribution in [0.15, 0.2) is 40.9 Å².